The van der Waals surface area contributed by atoms with E-state index in [0.29, 0.717) is 31.7 Å². The molecule has 1 saturated carbocycles. The molecule has 6 heteroatoms. The molecule has 1 aromatic carbocycles. The van der Waals surface area contributed by atoms with Gasteiger partial charge in [-0.1, -0.05) is 30.5 Å². The Hall–Kier alpha value is -1.17. The molecule has 1 N–H and O–H groups in total. The molecule has 25 heavy (non-hydrogen) atoms. The van der Waals surface area contributed by atoms with Crippen molar-refractivity contribution in [3.63, 3.8) is 0 Å². The summed E-state index contributed by atoms with van der Waals surface area (Å²) in [7, 11) is 0. The molecule has 4 atom stereocenters. The predicted molar refractivity (Wildman–Crippen MR) is 94.0 cm³/mol. The Morgan fingerprint density at radius 3 is 2.96 bits per heavy atom. The fourth-order valence-corrected chi connectivity index (χ4v) is 4.68. The minimum absolute atomic E-state index is 0.0661. The number of ether oxygens (including phenoxy) is 1. The van der Waals surface area contributed by atoms with E-state index in [4.69, 9.17) is 16.3 Å². The summed E-state index contributed by atoms with van der Waals surface area (Å²) in [6, 6.07) is 5.07. The monoisotopic (exact) mass is 366 g/mol. The molecule has 4 nitrogen and oxygen atoms in total. The van der Waals surface area contributed by atoms with Gasteiger partial charge in [0.15, 0.2) is 0 Å². The van der Waals surface area contributed by atoms with Crippen LogP contribution in [0.4, 0.5) is 4.39 Å². The van der Waals surface area contributed by atoms with Crippen LogP contribution in [0.3, 0.4) is 0 Å². The molecular weight excluding hydrogens is 343 g/mol. The molecule has 2 aliphatic heterocycles. The van der Waals surface area contributed by atoms with Crippen LogP contribution in [0.2, 0.25) is 5.02 Å². The molecule has 1 amide bonds. The van der Waals surface area contributed by atoms with Crippen LogP contribution < -0.4 is 5.32 Å². The van der Waals surface area contributed by atoms with Gasteiger partial charge in [0.05, 0.1) is 24.2 Å². The Bertz CT molecular complexity index is 642. The third-order valence-corrected chi connectivity index (χ3v) is 6.14. The third kappa shape index (κ3) is 3.55. The molecule has 3 aliphatic rings. The van der Waals surface area contributed by atoms with Gasteiger partial charge in [-0.25, -0.2) is 4.39 Å². The average molecular weight is 367 g/mol. The molecule has 0 aromatic heterocycles. The SMILES string of the molecule is O=C(C1CC2CCCCC2N1)N1CCOC(c2ccc(F)c(Cl)c2)C1. The van der Waals surface area contributed by atoms with Gasteiger partial charge in [-0.3, -0.25) is 4.79 Å². The van der Waals surface area contributed by atoms with Gasteiger partial charge in [0, 0.05) is 12.6 Å². The van der Waals surface area contributed by atoms with Gasteiger partial charge in [-0.15, -0.1) is 0 Å². The first-order valence-corrected chi connectivity index (χ1v) is 9.61. The second kappa shape index (κ2) is 7.22. The Morgan fingerprint density at radius 1 is 1.32 bits per heavy atom. The topological polar surface area (TPSA) is 41.6 Å². The van der Waals surface area contributed by atoms with E-state index in [1.165, 1.54) is 31.7 Å². The molecule has 4 unspecified atom stereocenters. The molecule has 0 bridgehead atoms. The van der Waals surface area contributed by atoms with E-state index >= 15 is 0 Å². The van der Waals surface area contributed by atoms with Crippen molar-refractivity contribution in [3.05, 3.63) is 34.6 Å². The summed E-state index contributed by atoms with van der Waals surface area (Å²) in [4.78, 5) is 14.9. The van der Waals surface area contributed by atoms with Crippen LogP contribution in [0.25, 0.3) is 0 Å². The Labute approximate surface area is 152 Å². The lowest BCUT2D eigenvalue weighted by Crippen LogP contribution is -2.50. The first-order chi connectivity index (χ1) is 12.1. The summed E-state index contributed by atoms with van der Waals surface area (Å²) >= 11 is 5.88. The zero-order valence-electron chi connectivity index (χ0n) is 14.2. The molecule has 1 aliphatic carbocycles. The van der Waals surface area contributed by atoms with Crippen LogP contribution in [0.5, 0.6) is 0 Å². The summed E-state index contributed by atoms with van der Waals surface area (Å²) in [6.07, 6.45) is 5.68. The Kier molecular flexibility index (Phi) is 4.98. The fourth-order valence-electron chi connectivity index (χ4n) is 4.49. The molecule has 136 valence electrons. The van der Waals surface area contributed by atoms with Gasteiger partial charge >= 0.3 is 0 Å². The van der Waals surface area contributed by atoms with Crippen LogP contribution >= 0.6 is 11.6 Å². The van der Waals surface area contributed by atoms with Crippen molar-refractivity contribution < 1.29 is 13.9 Å². The molecular formula is C19H24ClFN2O2. The van der Waals surface area contributed by atoms with Crippen molar-refractivity contribution in [1.29, 1.82) is 0 Å². The zero-order valence-corrected chi connectivity index (χ0v) is 15.0. The number of morpholine rings is 1. The van der Waals surface area contributed by atoms with E-state index in [-0.39, 0.29) is 23.1 Å². The number of hydrogen-bond donors (Lipinski definition) is 1. The highest BCUT2D eigenvalue weighted by Gasteiger charge is 2.40. The van der Waals surface area contributed by atoms with Crippen LogP contribution in [0.15, 0.2) is 18.2 Å². The highest BCUT2D eigenvalue weighted by atomic mass is 35.5. The summed E-state index contributed by atoms with van der Waals surface area (Å²) in [5.74, 6) is 0.387. The Balaban J connectivity index is 1.42. The molecule has 4 rings (SSSR count). The van der Waals surface area contributed by atoms with Crippen LogP contribution in [0, 0.1) is 11.7 Å². The second-order valence-corrected chi connectivity index (χ2v) is 7.83. The summed E-state index contributed by atoms with van der Waals surface area (Å²) < 4.78 is 19.2. The summed E-state index contributed by atoms with van der Waals surface area (Å²) in [5, 5.41) is 3.65. The highest BCUT2D eigenvalue weighted by molar-refractivity contribution is 6.30. The molecule has 3 fully saturated rings. The van der Waals surface area contributed by atoms with Crippen molar-refractivity contribution in [2.45, 2.75) is 50.3 Å². The first kappa shape index (κ1) is 17.3. The van der Waals surface area contributed by atoms with E-state index in [1.807, 2.05) is 4.90 Å². The van der Waals surface area contributed by atoms with Crippen LogP contribution in [-0.4, -0.2) is 42.6 Å². The molecule has 1 aromatic rings. The maximum Gasteiger partial charge on any atom is 0.239 e. The highest BCUT2D eigenvalue weighted by Crippen LogP contribution is 2.34. The number of fused-ring (bicyclic) bond motifs is 1. The lowest BCUT2D eigenvalue weighted by Gasteiger charge is -2.34. The molecule has 2 heterocycles. The molecule has 2 saturated heterocycles. The van der Waals surface area contributed by atoms with Crippen molar-refractivity contribution in [3.8, 4) is 0 Å². The molecule has 0 spiro atoms. The minimum Gasteiger partial charge on any atom is -0.370 e. The van der Waals surface area contributed by atoms with Crippen LogP contribution in [0.1, 0.15) is 43.8 Å². The number of amides is 1. The quantitative estimate of drug-likeness (QED) is 0.873. The average Bonchev–Trinajstić information content (AvgIpc) is 3.07. The maximum atomic E-state index is 13.4. The fraction of sp³-hybridized carbons (Fsp3) is 0.632. The number of rotatable bonds is 2. The van der Waals surface area contributed by atoms with E-state index in [2.05, 4.69) is 5.32 Å². The predicted octanol–water partition coefficient (Wildman–Crippen LogP) is 3.30. The van der Waals surface area contributed by atoms with Gasteiger partial charge in [0.25, 0.3) is 0 Å². The van der Waals surface area contributed by atoms with Gasteiger partial charge in [0.1, 0.15) is 11.9 Å². The second-order valence-electron chi connectivity index (χ2n) is 7.42. The number of hydrogen-bond acceptors (Lipinski definition) is 3. The maximum absolute atomic E-state index is 13.4. The van der Waals surface area contributed by atoms with E-state index in [0.717, 1.165) is 12.0 Å². The summed E-state index contributed by atoms with van der Waals surface area (Å²) in [6.45, 7) is 1.59. The Morgan fingerprint density at radius 2 is 2.16 bits per heavy atom. The first-order valence-electron chi connectivity index (χ1n) is 9.23. The largest absolute Gasteiger partial charge is 0.370 e. The number of nitrogens with zero attached hydrogens (tertiary/aromatic N) is 1. The van der Waals surface area contributed by atoms with Gasteiger partial charge in [-0.2, -0.15) is 0 Å². The minimum atomic E-state index is -0.438. The van der Waals surface area contributed by atoms with E-state index < -0.39 is 5.82 Å². The number of benzene rings is 1. The standard InChI is InChI=1S/C19H24ClFN2O2/c20-14-9-13(5-6-15(14)21)18-11-23(7-8-25-18)19(24)17-10-12-3-1-2-4-16(12)22-17/h5-6,9,12,16-18,22H,1-4,7-8,10-11H2. The third-order valence-electron chi connectivity index (χ3n) is 5.85. The van der Waals surface area contributed by atoms with Gasteiger partial charge < -0.3 is 15.0 Å². The lowest BCUT2D eigenvalue weighted by atomic mass is 9.85. The van der Waals surface area contributed by atoms with E-state index in [1.54, 1.807) is 12.1 Å². The van der Waals surface area contributed by atoms with E-state index in [9.17, 15) is 9.18 Å². The smallest absolute Gasteiger partial charge is 0.239 e. The molecule has 0 radical (unpaired) electrons. The van der Waals surface area contributed by atoms with Crippen molar-refractivity contribution in [2.75, 3.05) is 19.7 Å². The number of carbonyl (C=O) groups excluding carboxylic acids is 1. The summed E-state index contributed by atoms with van der Waals surface area (Å²) in [5.41, 5.74) is 0.817. The normalized spacial score (nSPS) is 32.5. The number of carbonyl (C=O) groups is 1. The van der Waals surface area contributed by atoms with Crippen molar-refractivity contribution in [2.24, 2.45) is 5.92 Å². The van der Waals surface area contributed by atoms with Crippen molar-refractivity contribution in [1.82, 2.24) is 10.2 Å². The zero-order chi connectivity index (χ0) is 17.4. The van der Waals surface area contributed by atoms with Crippen LogP contribution in [-0.2, 0) is 9.53 Å². The number of halogens is 2. The number of nitrogens with one attached hydrogen (secondary N) is 1. The van der Waals surface area contributed by atoms with Gasteiger partial charge in [0.2, 0.25) is 5.91 Å². The van der Waals surface area contributed by atoms with Gasteiger partial charge in [-0.05, 0) is 42.9 Å². The van der Waals surface area contributed by atoms with Crippen molar-refractivity contribution >= 4 is 17.5 Å². The lowest BCUT2D eigenvalue weighted by molar-refractivity contribution is -0.141.